The summed E-state index contributed by atoms with van der Waals surface area (Å²) < 4.78 is 0. The highest BCUT2D eigenvalue weighted by Crippen LogP contribution is 2.27. The minimum absolute atomic E-state index is 0.0709. The SMILES string of the molecule is NC(=O)[C@H]1CCN(C(=O)c2cnc(-c3ccccc3)s2)C1. The first-order valence-corrected chi connectivity index (χ1v) is 7.56. The van der Waals surface area contributed by atoms with Gasteiger partial charge in [-0.1, -0.05) is 30.3 Å². The highest BCUT2D eigenvalue weighted by molar-refractivity contribution is 7.16. The van der Waals surface area contributed by atoms with E-state index in [4.69, 9.17) is 5.73 Å². The quantitative estimate of drug-likeness (QED) is 0.938. The fraction of sp³-hybridized carbons (Fsp3) is 0.267. The van der Waals surface area contributed by atoms with Crippen LogP contribution in [-0.4, -0.2) is 34.8 Å². The van der Waals surface area contributed by atoms with Crippen LogP contribution >= 0.6 is 11.3 Å². The van der Waals surface area contributed by atoms with Gasteiger partial charge in [-0.25, -0.2) is 4.98 Å². The van der Waals surface area contributed by atoms with Crippen LogP contribution in [0.1, 0.15) is 16.1 Å². The van der Waals surface area contributed by atoms with Crippen molar-refractivity contribution in [3.8, 4) is 10.6 Å². The zero-order chi connectivity index (χ0) is 14.8. The van der Waals surface area contributed by atoms with Crippen molar-refractivity contribution >= 4 is 23.2 Å². The standard InChI is InChI=1S/C15H15N3O2S/c16-13(19)11-6-7-18(9-11)15(20)12-8-17-14(21-12)10-4-2-1-3-5-10/h1-5,8,11H,6-7,9H2,(H2,16,19)/t11-/m0/s1. The van der Waals surface area contributed by atoms with Gasteiger partial charge in [0.25, 0.3) is 5.91 Å². The molecule has 1 aromatic carbocycles. The predicted octanol–water partition coefficient (Wildman–Crippen LogP) is 1.76. The number of carbonyl (C=O) groups is 2. The molecule has 2 aromatic rings. The van der Waals surface area contributed by atoms with Crippen molar-refractivity contribution < 1.29 is 9.59 Å². The molecule has 3 rings (SSSR count). The fourth-order valence-corrected chi connectivity index (χ4v) is 3.31. The van der Waals surface area contributed by atoms with Crippen LogP contribution in [0, 0.1) is 5.92 Å². The van der Waals surface area contributed by atoms with Gasteiger partial charge < -0.3 is 10.6 Å². The van der Waals surface area contributed by atoms with Crippen LogP contribution in [0.4, 0.5) is 0 Å². The largest absolute Gasteiger partial charge is 0.369 e. The van der Waals surface area contributed by atoms with E-state index in [0.717, 1.165) is 10.6 Å². The van der Waals surface area contributed by atoms with E-state index in [1.807, 2.05) is 30.3 Å². The Morgan fingerprint density at radius 1 is 1.29 bits per heavy atom. The van der Waals surface area contributed by atoms with Crippen LogP contribution in [0.15, 0.2) is 36.5 Å². The highest BCUT2D eigenvalue weighted by atomic mass is 32.1. The molecule has 2 amide bonds. The van der Waals surface area contributed by atoms with Gasteiger partial charge in [-0.3, -0.25) is 9.59 Å². The van der Waals surface area contributed by atoms with Crippen LogP contribution < -0.4 is 5.73 Å². The molecule has 1 aromatic heterocycles. The molecule has 108 valence electrons. The van der Waals surface area contributed by atoms with E-state index in [1.54, 1.807) is 11.1 Å². The van der Waals surface area contributed by atoms with Gasteiger partial charge in [0, 0.05) is 18.7 Å². The molecule has 0 saturated carbocycles. The average Bonchev–Trinajstić information content (AvgIpc) is 3.17. The summed E-state index contributed by atoms with van der Waals surface area (Å²) in [4.78, 5) is 30.2. The first-order chi connectivity index (χ1) is 10.1. The summed E-state index contributed by atoms with van der Waals surface area (Å²) in [6.45, 7) is 0.984. The van der Waals surface area contributed by atoms with Gasteiger partial charge in [0.05, 0.1) is 12.1 Å². The van der Waals surface area contributed by atoms with Crippen molar-refractivity contribution in [3.63, 3.8) is 0 Å². The number of rotatable bonds is 3. The molecule has 1 fully saturated rings. The summed E-state index contributed by atoms with van der Waals surface area (Å²) in [6.07, 6.45) is 2.25. The molecule has 0 unspecified atom stereocenters. The van der Waals surface area contributed by atoms with E-state index in [0.29, 0.717) is 24.4 Å². The fourth-order valence-electron chi connectivity index (χ4n) is 2.42. The molecule has 1 aliphatic heterocycles. The Balaban J connectivity index is 1.75. The normalized spacial score (nSPS) is 17.9. The Hall–Kier alpha value is -2.21. The maximum atomic E-state index is 12.4. The number of benzene rings is 1. The Kier molecular flexibility index (Phi) is 3.70. The third-order valence-electron chi connectivity index (χ3n) is 3.62. The van der Waals surface area contributed by atoms with E-state index in [1.165, 1.54) is 11.3 Å². The molecule has 0 spiro atoms. The zero-order valence-corrected chi connectivity index (χ0v) is 12.2. The van der Waals surface area contributed by atoms with Gasteiger partial charge in [0.1, 0.15) is 9.88 Å². The summed E-state index contributed by atoms with van der Waals surface area (Å²) in [6, 6.07) is 9.75. The van der Waals surface area contributed by atoms with Crippen molar-refractivity contribution in [2.45, 2.75) is 6.42 Å². The minimum Gasteiger partial charge on any atom is -0.369 e. The molecule has 2 heterocycles. The number of aromatic nitrogens is 1. The number of amides is 2. The second kappa shape index (κ2) is 5.65. The number of hydrogen-bond acceptors (Lipinski definition) is 4. The van der Waals surface area contributed by atoms with Crippen LogP contribution in [-0.2, 0) is 4.79 Å². The van der Waals surface area contributed by atoms with E-state index in [-0.39, 0.29) is 17.7 Å². The number of carbonyl (C=O) groups excluding carboxylic acids is 2. The lowest BCUT2D eigenvalue weighted by atomic mass is 10.1. The smallest absolute Gasteiger partial charge is 0.265 e. The molecular formula is C15H15N3O2S. The number of hydrogen-bond donors (Lipinski definition) is 1. The summed E-state index contributed by atoms with van der Waals surface area (Å²) >= 11 is 1.37. The highest BCUT2D eigenvalue weighted by Gasteiger charge is 2.30. The third kappa shape index (κ3) is 2.80. The number of nitrogens with two attached hydrogens (primary N) is 1. The Morgan fingerprint density at radius 2 is 2.05 bits per heavy atom. The maximum Gasteiger partial charge on any atom is 0.265 e. The summed E-state index contributed by atoms with van der Waals surface area (Å²) in [7, 11) is 0. The van der Waals surface area contributed by atoms with Crippen LogP contribution in [0.25, 0.3) is 10.6 Å². The predicted molar refractivity (Wildman–Crippen MR) is 80.8 cm³/mol. The van der Waals surface area contributed by atoms with Crippen LogP contribution in [0.3, 0.4) is 0 Å². The maximum absolute atomic E-state index is 12.4. The van der Waals surface area contributed by atoms with Gasteiger partial charge in [-0.15, -0.1) is 11.3 Å². The first-order valence-electron chi connectivity index (χ1n) is 6.75. The topological polar surface area (TPSA) is 76.3 Å². The van der Waals surface area contributed by atoms with Gasteiger partial charge in [0.2, 0.25) is 5.91 Å². The molecule has 21 heavy (non-hydrogen) atoms. The summed E-state index contributed by atoms with van der Waals surface area (Å²) in [5.41, 5.74) is 6.29. The number of nitrogens with zero attached hydrogens (tertiary/aromatic N) is 2. The molecule has 1 aliphatic rings. The lowest BCUT2D eigenvalue weighted by Crippen LogP contribution is -2.31. The van der Waals surface area contributed by atoms with Gasteiger partial charge >= 0.3 is 0 Å². The third-order valence-corrected chi connectivity index (χ3v) is 4.65. The van der Waals surface area contributed by atoms with Crippen molar-refractivity contribution in [2.24, 2.45) is 11.7 Å². The Bertz CT molecular complexity index is 669. The second-order valence-corrected chi connectivity index (χ2v) is 6.07. The van der Waals surface area contributed by atoms with Gasteiger partial charge in [-0.05, 0) is 6.42 Å². The van der Waals surface area contributed by atoms with Gasteiger partial charge in [-0.2, -0.15) is 0 Å². The monoisotopic (exact) mass is 301 g/mol. The van der Waals surface area contributed by atoms with E-state index < -0.39 is 0 Å². The van der Waals surface area contributed by atoms with Crippen molar-refractivity contribution in [1.82, 2.24) is 9.88 Å². The first kappa shape index (κ1) is 13.8. The molecular weight excluding hydrogens is 286 g/mol. The molecule has 2 N–H and O–H groups in total. The molecule has 1 atom stereocenters. The number of primary amides is 1. The number of likely N-dealkylation sites (tertiary alicyclic amines) is 1. The molecule has 0 aliphatic carbocycles. The van der Waals surface area contributed by atoms with Gasteiger partial charge in [0.15, 0.2) is 0 Å². The number of thiazole rings is 1. The molecule has 6 heteroatoms. The molecule has 1 saturated heterocycles. The molecule has 0 bridgehead atoms. The van der Waals surface area contributed by atoms with Crippen molar-refractivity contribution in [3.05, 3.63) is 41.4 Å². The lowest BCUT2D eigenvalue weighted by molar-refractivity contribution is -0.121. The van der Waals surface area contributed by atoms with Crippen LogP contribution in [0.5, 0.6) is 0 Å². The van der Waals surface area contributed by atoms with Crippen molar-refractivity contribution in [1.29, 1.82) is 0 Å². The Labute approximate surface area is 126 Å². The summed E-state index contributed by atoms with van der Waals surface area (Å²) in [5, 5.41) is 0.824. The van der Waals surface area contributed by atoms with Crippen LogP contribution in [0.2, 0.25) is 0 Å². The lowest BCUT2D eigenvalue weighted by Gasteiger charge is -2.14. The minimum atomic E-state index is -0.334. The van der Waals surface area contributed by atoms with E-state index in [9.17, 15) is 9.59 Å². The average molecular weight is 301 g/mol. The molecule has 5 nitrogen and oxygen atoms in total. The molecule has 0 radical (unpaired) electrons. The summed E-state index contributed by atoms with van der Waals surface area (Å²) in [5.74, 6) is -0.631. The second-order valence-electron chi connectivity index (χ2n) is 5.03. The Morgan fingerprint density at radius 3 is 2.71 bits per heavy atom. The van der Waals surface area contributed by atoms with Crippen molar-refractivity contribution in [2.75, 3.05) is 13.1 Å². The van der Waals surface area contributed by atoms with E-state index >= 15 is 0 Å². The van der Waals surface area contributed by atoms with E-state index in [2.05, 4.69) is 4.98 Å². The zero-order valence-electron chi connectivity index (χ0n) is 11.4.